The van der Waals surface area contributed by atoms with Crippen molar-refractivity contribution in [3.8, 4) is 22.5 Å². The lowest BCUT2D eigenvalue weighted by molar-refractivity contribution is 0.102. The number of benzene rings is 2. The Labute approximate surface area is 187 Å². The van der Waals surface area contributed by atoms with E-state index in [4.69, 9.17) is 16.1 Å². The summed E-state index contributed by atoms with van der Waals surface area (Å²) in [5.74, 6) is 0.0257. The highest BCUT2D eigenvalue weighted by molar-refractivity contribution is 6.33. The number of carbonyl (C=O) groups excluding carboxylic acids is 1. The molecule has 8 heteroatoms. The first-order chi connectivity index (χ1) is 15.5. The number of carbonyl (C=O) groups is 1. The lowest BCUT2D eigenvalue weighted by Gasteiger charge is -2.09. The molecule has 3 heterocycles. The SMILES string of the molecule is Cc1onc(-c2ccccc2Cl)c1C(=O)Nc1c(-c2ccc(F)cc2)nc2ccccn12. The maximum absolute atomic E-state index is 13.5. The summed E-state index contributed by atoms with van der Waals surface area (Å²) in [7, 11) is 0. The van der Waals surface area contributed by atoms with Gasteiger partial charge in [-0.2, -0.15) is 0 Å². The zero-order valence-electron chi connectivity index (χ0n) is 16.8. The third-order valence-corrected chi connectivity index (χ3v) is 5.43. The number of hydrogen-bond donors (Lipinski definition) is 1. The molecule has 0 aliphatic rings. The quantitative estimate of drug-likeness (QED) is 0.367. The highest BCUT2D eigenvalue weighted by Gasteiger charge is 2.25. The molecule has 0 spiro atoms. The molecule has 0 saturated heterocycles. The van der Waals surface area contributed by atoms with Crippen molar-refractivity contribution >= 4 is 29.0 Å². The summed E-state index contributed by atoms with van der Waals surface area (Å²) in [4.78, 5) is 18.1. The summed E-state index contributed by atoms with van der Waals surface area (Å²) in [6.07, 6.45) is 1.79. The van der Waals surface area contributed by atoms with E-state index in [9.17, 15) is 9.18 Å². The summed E-state index contributed by atoms with van der Waals surface area (Å²) in [6.45, 7) is 1.66. The number of hydrogen-bond acceptors (Lipinski definition) is 4. The first kappa shape index (κ1) is 20.0. The number of halogens is 2. The molecule has 0 radical (unpaired) electrons. The van der Waals surface area contributed by atoms with Gasteiger partial charge in [0.2, 0.25) is 0 Å². The fraction of sp³-hybridized carbons (Fsp3) is 0.0417. The Hall–Kier alpha value is -3.97. The topological polar surface area (TPSA) is 72.4 Å². The number of amides is 1. The number of aryl methyl sites for hydroxylation is 1. The average molecular weight is 447 g/mol. The van der Waals surface area contributed by atoms with Crippen LogP contribution < -0.4 is 5.32 Å². The first-order valence-corrected chi connectivity index (χ1v) is 10.2. The molecule has 6 nitrogen and oxygen atoms in total. The van der Waals surface area contributed by atoms with Gasteiger partial charge in [0, 0.05) is 17.3 Å². The van der Waals surface area contributed by atoms with Crippen molar-refractivity contribution in [2.75, 3.05) is 5.32 Å². The van der Waals surface area contributed by atoms with Crippen LogP contribution in [0.3, 0.4) is 0 Å². The van der Waals surface area contributed by atoms with Crippen LogP contribution in [0.5, 0.6) is 0 Å². The van der Waals surface area contributed by atoms with Gasteiger partial charge in [0.15, 0.2) is 0 Å². The lowest BCUT2D eigenvalue weighted by Crippen LogP contribution is -2.15. The molecule has 0 atom stereocenters. The van der Waals surface area contributed by atoms with E-state index in [1.54, 1.807) is 47.9 Å². The molecular weight excluding hydrogens is 431 g/mol. The van der Waals surface area contributed by atoms with Gasteiger partial charge in [0.05, 0.1) is 5.02 Å². The van der Waals surface area contributed by atoms with E-state index in [2.05, 4.69) is 15.5 Å². The summed E-state index contributed by atoms with van der Waals surface area (Å²) in [6, 6.07) is 18.5. The fourth-order valence-electron chi connectivity index (χ4n) is 3.57. The second-order valence-corrected chi connectivity index (χ2v) is 7.55. The molecule has 1 amide bonds. The maximum atomic E-state index is 13.5. The number of anilines is 1. The third kappa shape index (κ3) is 3.42. The number of fused-ring (bicyclic) bond motifs is 1. The Kier molecular flexibility index (Phi) is 4.95. The van der Waals surface area contributed by atoms with E-state index >= 15 is 0 Å². The van der Waals surface area contributed by atoms with Gasteiger partial charge in [0.25, 0.3) is 5.91 Å². The van der Waals surface area contributed by atoms with E-state index in [1.165, 1.54) is 12.1 Å². The smallest absolute Gasteiger partial charge is 0.262 e. The van der Waals surface area contributed by atoms with Crippen LogP contribution in [0.15, 0.2) is 77.4 Å². The van der Waals surface area contributed by atoms with Crippen LogP contribution in [0, 0.1) is 12.7 Å². The molecule has 0 aliphatic carbocycles. The number of imidazole rings is 1. The van der Waals surface area contributed by atoms with E-state index in [0.717, 1.165) is 0 Å². The Morgan fingerprint density at radius 2 is 1.78 bits per heavy atom. The molecular formula is C24H16ClFN4O2. The van der Waals surface area contributed by atoms with Crippen LogP contribution in [0.4, 0.5) is 10.2 Å². The number of aromatic nitrogens is 3. The van der Waals surface area contributed by atoms with E-state index in [-0.39, 0.29) is 11.4 Å². The predicted octanol–water partition coefficient (Wildman–Crippen LogP) is 6.01. The zero-order chi connectivity index (χ0) is 22.2. The Morgan fingerprint density at radius 3 is 2.56 bits per heavy atom. The van der Waals surface area contributed by atoms with Gasteiger partial charge in [-0.25, -0.2) is 9.37 Å². The van der Waals surface area contributed by atoms with Crippen molar-refractivity contribution in [3.05, 3.63) is 95.1 Å². The molecule has 2 aromatic carbocycles. The molecule has 0 saturated carbocycles. The average Bonchev–Trinajstić information content (AvgIpc) is 3.35. The molecule has 32 heavy (non-hydrogen) atoms. The molecule has 1 N–H and O–H groups in total. The molecule has 158 valence electrons. The number of nitrogens with zero attached hydrogens (tertiary/aromatic N) is 3. The standard InChI is InChI=1S/C24H16ClFN4O2/c1-14-20(22(29-32-14)17-6-2-3-7-18(17)25)24(31)28-23-21(15-9-11-16(26)12-10-15)27-19-8-4-5-13-30(19)23/h2-13H,1H3,(H,28,31). The van der Waals surface area contributed by atoms with Gasteiger partial charge in [-0.15, -0.1) is 0 Å². The number of pyridine rings is 1. The van der Waals surface area contributed by atoms with Crippen LogP contribution in [0.25, 0.3) is 28.2 Å². The van der Waals surface area contributed by atoms with Gasteiger partial charge < -0.3 is 9.84 Å². The van der Waals surface area contributed by atoms with Crippen LogP contribution in [-0.2, 0) is 0 Å². The van der Waals surface area contributed by atoms with E-state index in [1.807, 2.05) is 24.3 Å². The Balaban J connectivity index is 1.61. The van der Waals surface area contributed by atoms with Crippen LogP contribution in [-0.4, -0.2) is 20.4 Å². The largest absolute Gasteiger partial charge is 0.360 e. The minimum atomic E-state index is -0.423. The molecule has 0 fully saturated rings. The summed E-state index contributed by atoms with van der Waals surface area (Å²) >= 11 is 6.33. The van der Waals surface area contributed by atoms with Gasteiger partial charge in [-0.1, -0.05) is 41.0 Å². The van der Waals surface area contributed by atoms with Crippen molar-refractivity contribution in [3.63, 3.8) is 0 Å². The van der Waals surface area contributed by atoms with Crippen molar-refractivity contribution in [1.29, 1.82) is 0 Å². The van der Waals surface area contributed by atoms with Crippen molar-refractivity contribution < 1.29 is 13.7 Å². The zero-order valence-corrected chi connectivity index (χ0v) is 17.6. The second-order valence-electron chi connectivity index (χ2n) is 7.14. The van der Waals surface area contributed by atoms with Crippen molar-refractivity contribution in [1.82, 2.24) is 14.5 Å². The highest BCUT2D eigenvalue weighted by atomic mass is 35.5. The van der Waals surface area contributed by atoms with Crippen molar-refractivity contribution in [2.45, 2.75) is 6.92 Å². The van der Waals surface area contributed by atoms with Gasteiger partial charge in [-0.05, 0) is 49.4 Å². The molecule has 5 aromatic rings. The van der Waals surface area contributed by atoms with E-state index in [0.29, 0.717) is 44.8 Å². The van der Waals surface area contributed by atoms with Crippen LogP contribution in [0.1, 0.15) is 16.1 Å². The minimum Gasteiger partial charge on any atom is -0.360 e. The van der Waals surface area contributed by atoms with Gasteiger partial charge in [0.1, 0.15) is 40.0 Å². The summed E-state index contributed by atoms with van der Waals surface area (Å²) < 4.78 is 20.5. The molecule has 3 aromatic heterocycles. The monoisotopic (exact) mass is 446 g/mol. The molecule has 0 unspecified atom stereocenters. The van der Waals surface area contributed by atoms with Crippen LogP contribution in [0.2, 0.25) is 5.02 Å². The number of rotatable bonds is 4. The lowest BCUT2D eigenvalue weighted by atomic mass is 10.1. The normalized spacial score (nSPS) is 11.1. The third-order valence-electron chi connectivity index (χ3n) is 5.10. The Morgan fingerprint density at radius 1 is 1.03 bits per heavy atom. The fourth-order valence-corrected chi connectivity index (χ4v) is 3.80. The minimum absolute atomic E-state index is 0.272. The van der Waals surface area contributed by atoms with E-state index < -0.39 is 5.91 Å². The highest BCUT2D eigenvalue weighted by Crippen LogP contribution is 2.33. The maximum Gasteiger partial charge on any atom is 0.262 e. The predicted molar refractivity (Wildman–Crippen MR) is 120 cm³/mol. The Bertz CT molecular complexity index is 1460. The molecule has 5 rings (SSSR count). The van der Waals surface area contributed by atoms with Crippen LogP contribution >= 0.6 is 11.6 Å². The van der Waals surface area contributed by atoms with Crippen molar-refractivity contribution in [2.24, 2.45) is 0 Å². The van der Waals surface area contributed by atoms with Gasteiger partial charge in [-0.3, -0.25) is 9.20 Å². The molecule has 0 aliphatic heterocycles. The van der Waals surface area contributed by atoms with Gasteiger partial charge >= 0.3 is 0 Å². The number of nitrogens with one attached hydrogen (secondary N) is 1. The molecule has 0 bridgehead atoms. The summed E-state index contributed by atoms with van der Waals surface area (Å²) in [5.41, 5.74) is 3.03. The first-order valence-electron chi connectivity index (χ1n) is 9.78. The summed E-state index contributed by atoms with van der Waals surface area (Å²) in [5, 5.41) is 7.46. The second kappa shape index (κ2) is 7.94.